The molecule has 0 unspecified atom stereocenters. The minimum absolute atomic E-state index is 0.0264. The average Bonchev–Trinajstić information content (AvgIpc) is 2.68. The summed E-state index contributed by atoms with van der Waals surface area (Å²) in [5, 5.41) is 4.83. The fourth-order valence-corrected chi connectivity index (χ4v) is 2.77. The molecule has 148 valence electrons. The Morgan fingerprint density at radius 2 is 1.62 bits per heavy atom. The Morgan fingerprint density at radius 1 is 0.966 bits per heavy atom. The fraction of sp³-hybridized carbons (Fsp3) is 0.0952. The molecule has 0 radical (unpaired) electrons. The first-order valence-electron chi connectivity index (χ1n) is 8.52. The van der Waals surface area contributed by atoms with E-state index in [9.17, 15) is 27.6 Å². The van der Waals surface area contributed by atoms with Gasteiger partial charge >= 0.3 is 12.2 Å². The first-order valence-corrected chi connectivity index (χ1v) is 8.52. The zero-order chi connectivity index (χ0) is 21.0. The normalized spacial score (nSPS) is 13.6. The van der Waals surface area contributed by atoms with E-state index in [1.54, 1.807) is 36.4 Å². The monoisotopic (exact) mass is 400 g/mol. The maximum Gasteiger partial charge on any atom is 0.417 e. The summed E-state index contributed by atoms with van der Waals surface area (Å²) < 4.78 is 39.0. The van der Waals surface area contributed by atoms with E-state index in [1.165, 1.54) is 12.1 Å². The first-order chi connectivity index (χ1) is 13.8. The molecule has 0 aromatic heterocycles. The van der Waals surface area contributed by atoms with E-state index in [4.69, 9.17) is 0 Å². The van der Waals surface area contributed by atoms with Crippen LogP contribution in [0.15, 0.2) is 60.7 Å². The standard InChI is InChI=1S/C21H15F3N2O3/c22-21(23,24)19-11-17(8-3-15(19)12-27)26-20(29)25-16-6-1-13(2-7-16)14-4-9-18(28)10-5-14/h1-9,11-12H,10H2,(H2,25,26,29). The number of rotatable bonds is 4. The quantitative estimate of drug-likeness (QED) is 0.704. The van der Waals surface area contributed by atoms with Gasteiger partial charge in [0.2, 0.25) is 0 Å². The van der Waals surface area contributed by atoms with Crippen molar-refractivity contribution in [1.29, 1.82) is 0 Å². The lowest BCUT2D eigenvalue weighted by Crippen LogP contribution is -2.20. The van der Waals surface area contributed by atoms with Crippen LogP contribution in [-0.4, -0.2) is 18.1 Å². The van der Waals surface area contributed by atoms with E-state index in [1.807, 2.05) is 0 Å². The lowest BCUT2D eigenvalue weighted by atomic mass is 9.99. The van der Waals surface area contributed by atoms with Gasteiger partial charge in [-0.1, -0.05) is 24.3 Å². The molecule has 0 fully saturated rings. The Hall–Kier alpha value is -3.68. The molecular formula is C21H15F3N2O3. The molecule has 0 heterocycles. The molecule has 0 bridgehead atoms. The van der Waals surface area contributed by atoms with Crippen molar-refractivity contribution in [2.24, 2.45) is 0 Å². The number of urea groups is 1. The van der Waals surface area contributed by atoms with Crippen LogP contribution < -0.4 is 10.6 Å². The van der Waals surface area contributed by atoms with Crippen LogP contribution in [0.1, 0.15) is 27.9 Å². The van der Waals surface area contributed by atoms with Crippen molar-refractivity contribution in [3.8, 4) is 0 Å². The number of hydrogen-bond donors (Lipinski definition) is 2. The molecule has 2 amide bonds. The Bertz CT molecular complexity index is 1020. The van der Waals surface area contributed by atoms with Crippen LogP contribution in [-0.2, 0) is 11.0 Å². The largest absolute Gasteiger partial charge is 0.417 e. The number of alkyl halides is 3. The third-order valence-electron chi connectivity index (χ3n) is 4.19. The Balaban J connectivity index is 1.67. The summed E-state index contributed by atoms with van der Waals surface area (Å²) in [7, 11) is 0. The number of carbonyl (C=O) groups is 3. The Labute approximate surface area is 163 Å². The van der Waals surface area contributed by atoms with Crippen molar-refractivity contribution in [2.75, 3.05) is 10.6 Å². The molecule has 0 aliphatic heterocycles. The summed E-state index contributed by atoms with van der Waals surface area (Å²) in [6.45, 7) is 0. The number of amides is 2. The summed E-state index contributed by atoms with van der Waals surface area (Å²) in [5.74, 6) is 0.0264. The van der Waals surface area contributed by atoms with E-state index in [-0.39, 0.29) is 17.8 Å². The number of benzene rings is 2. The van der Waals surface area contributed by atoms with Gasteiger partial charge in [-0.2, -0.15) is 13.2 Å². The van der Waals surface area contributed by atoms with Crippen molar-refractivity contribution in [3.05, 3.63) is 77.4 Å². The number of aldehydes is 1. The van der Waals surface area contributed by atoms with Gasteiger partial charge in [-0.25, -0.2) is 4.79 Å². The molecule has 2 N–H and O–H groups in total. The number of ketones is 1. The van der Waals surface area contributed by atoms with Gasteiger partial charge in [0, 0.05) is 23.4 Å². The summed E-state index contributed by atoms with van der Waals surface area (Å²) in [5.41, 5.74) is 0.450. The van der Waals surface area contributed by atoms with Crippen molar-refractivity contribution in [2.45, 2.75) is 12.6 Å². The third-order valence-corrected chi connectivity index (χ3v) is 4.19. The molecule has 1 aliphatic rings. The predicted molar refractivity (Wildman–Crippen MR) is 103 cm³/mol. The summed E-state index contributed by atoms with van der Waals surface area (Å²) in [6, 6.07) is 8.96. The number of anilines is 2. The minimum atomic E-state index is -4.72. The van der Waals surface area contributed by atoms with Crippen LogP contribution in [0.4, 0.5) is 29.3 Å². The molecule has 29 heavy (non-hydrogen) atoms. The molecule has 5 nitrogen and oxygen atoms in total. The SMILES string of the molecule is O=Cc1ccc(NC(=O)Nc2ccc(C3=CCC(=O)C=C3)cc2)cc1C(F)(F)F. The molecule has 0 spiro atoms. The van der Waals surface area contributed by atoms with Gasteiger partial charge in [0.15, 0.2) is 12.1 Å². The second kappa shape index (κ2) is 8.14. The Kier molecular flexibility index (Phi) is 5.63. The highest BCUT2D eigenvalue weighted by molar-refractivity contribution is 6.00. The van der Waals surface area contributed by atoms with Gasteiger partial charge in [0.25, 0.3) is 0 Å². The van der Waals surface area contributed by atoms with Crippen molar-refractivity contribution >= 4 is 35.0 Å². The van der Waals surface area contributed by atoms with Crippen LogP contribution in [0.2, 0.25) is 0 Å². The molecule has 1 aliphatic carbocycles. The highest BCUT2D eigenvalue weighted by Gasteiger charge is 2.33. The van der Waals surface area contributed by atoms with Crippen LogP contribution in [0.3, 0.4) is 0 Å². The zero-order valence-corrected chi connectivity index (χ0v) is 14.9. The van der Waals surface area contributed by atoms with Crippen LogP contribution in [0, 0.1) is 0 Å². The number of allylic oxidation sites excluding steroid dienone is 4. The van der Waals surface area contributed by atoms with Crippen molar-refractivity contribution in [1.82, 2.24) is 0 Å². The highest BCUT2D eigenvalue weighted by Crippen LogP contribution is 2.33. The number of hydrogen-bond acceptors (Lipinski definition) is 3. The smallest absolute Gasteiger partial charge is 0.308 e. The molecule has 0 saturated carbocycles. The van der Waals surface area contributed by atoms with Crippen LogP contribution in [0.25, 0.3) is 5.57 Å². The minimum Gasteiger partial charge on any atom is -0.308 e. The lowest BCUT2D eigenvalue weighted by molar-refractivity contribution is -0.137. The number of nitrogens with one attached hydrogen (secondary N) is 2. The third kappa shape index (κ3) is 4.98. The maximum absolute atomic E-state index is 13.0. The number of carbonyl (C=O) groups excluding carboxylic acids is 3. The molecule has 2 aromatic carbocycles. The fourth-order valence-electron chi connectivity index (χ4n) is 2.77. The first kappa shape index (κ1) is 20.1. The maximum atomic E-state index is 13.0. The lowest BCUT2D eigenvalue weighted by Gasteiger charge is -2.13. The molecule has 8 heteroatoms. The molecular weight excluding hydrogens is 385 g/mol. The van der Waals surface area contributed by atoms with Gasteiger partial charge in [-0.3, -0.25) is 9.59 Å². The summed E-state index contributed by atoms with van der Waals surface area (Å²) >= 11 is 0. The zero-order valence-electron chi connectivity index (χ0n) is 14.9. The molecule has 0 saturated heterocycles. The van der Waals surface area contributed by atoms with Crippen LogP contribution >= 0.6 is 0 Å². The Morgan fingerprint density at radius 3 is 2.21 bits per heavy atom. The highest BCUT2D eigenvalue weighted by atomic mass is 19.4. The van der Waals surface area contributed by atoms with Gasteiger partial charge in [0.1, 0.15) is 0 Å². The topological polar surface area (TPSA) is 75.3 Å². The van der Waals surface area contributed by atoms with Crippen molar-refractivity contribution in [3.63, 3.8) is 0 Å². The molecule has 0 atom stereocenters. The van der Waals surface area contributed by atoms with E-state index < -0.39 is 23.3 Å². The van der Waals surface area contributed by atoms with Gasteiger partial charge < -0.3 is 10.6 Å². The average molecular weight is 400 g/mol. The summed E-state index contributed by atoms with van der Waals surface area (Å²) in [6.07, 6.45) is 0.742. The van der Waals surface area contributed by atoms with E-state index in [0.29, 0.717) is 18.2 Å². The van der Waals surface area contributed by atoms with Gasteiger partial charge in [-0.05, 0) is 47.5 Å². The number of halogens is 3. The summed E-state index contributed by atoms with van der Waals surface area (Å²) in [4.78, 5) is 34.1. The van der Waals surface area contributed by atoms with Gasteiger partial charge in [0.05, 0.1) is 5.56 Å². The molecule has 3 rings (SSSR count). The van der Waals surface area contributed by atoms with Crippen molar-refractivity contribution < 1.29 is 27.6 Å². The van der Waals surface area contributed by atoms with Crippen LogP contribution in [0.5, 0.6) is 0 Å². The molecule has 2 aromatic rings. The van der Waals surface area contributed by atoms with E-state index in [2.05, 4.69) is 10.6 Å². The van der Waals surface area contributed by atoms with E-state index >= 15 is 0 Å². The van der Waals surface area contributed by atoms with Gasteiger partial charge in [-0.15, -0.1) is 0 Å². The van der Waals surface area contributed by atoms with E-state index in [0.717, 1.165) is 17.2 Å². The predicted octanol–water partition coefficient (Wildman–Crippen LogP) is 5.07. The second-order valence-electron chi connectivity index (χ2n) is 6.24. The second-order valence-corrected chi connectivity index (χ2v) is 6.24.